The summed E-state index contributed by atoms with van der Waals surface area (Å²) in [4.78, 5) is 15.6. The predicted molar refractivity (Wildman–Crippen MR) is 142 cm³/mol. The van der Waals surface area contributed by atoms with Crippen LogP contribution in [0.25, 0.3) is 11.3 Å². The molecule has 2 N–H and O–H groups in total. The van der Waals surface area contributed by atoms with Gasteiger partial charge in [-0.1, -0.05) is 42.0 Å². The fourth-order valence-electron chi connectivity index (χ4n) is 5.07. The molecule has 0 spiro atoms. The normalized spacial score (nSPS) is 14.7. The lowest BCUT2D eigenvalue weighted by Crippen LogP contribution is -2.29. The second kappa shape index (κ2) is 9.65. The number of hydrogen-bond acceptors (Lipinski definition) is 5. The molecule has 1 aliphatic heterocycles. The first-order chi connectivity index (χ1) is 17.8. The number of nitrogens with one attached hydrogen (secondary N) is 1. The van der Waals surface area contributed by atoms with Gasteiger partial charge in [0, 0.05) is 17.7 Å². The van der Waals surface area contributed by atoms with E-state index in [9.17, 15) is 9.90 Å². The predicted octanol–water partition coefficient (Wildman–Crippen LogP) is 5.86. The number of benzene rings is 3. The first kappa shape index (κ1) is 24.4. The van der Waals surface area contributed by atoms with Crippen molar-refractivity contribution in [3.63, 3.8) is 0 Å². The molecular formula is C30H31N3O4. The van der Waals surface area contributed by atoms with Crippen LogP contribution in [-0.4, -0.2) is 39.8 Å². The molecule has 1 aliphatic rings. The topological polar surface area (TPSA) is 87.7 Å². The summed E-state index contributed by atoms with van der Waals surface area (Å²) in [6.45, 7) is 8.74. The van der Waals surface area contributed by atoms with E-state index in [1.807, 2.05) is 87.2 Å². The summed E-state index contributed by atoms with van der Waals surface area (Å²) in [6.07, 6.45) is 0. The third-order valence-electron chi connectivity index (χ3n) is 6.84. The van der Waals surface area contributed by atoms with Crippen molar-refractivity contribution in [3.8, 4) is 28.5 Å². The number of methoxy groups -OCH3 is 1. The number of aromatic hydroxyl groups is 1. The van der Waals surface area contributed by atoms with Crippen LogP contribution in [0.2, 0.25) is 0 Å². The Kier molecular flexibility index (Phi) is 6.38. The van der Waals surface area contributed by atoms with Crippen LogP contribution in [0.4, 0.5) is 0 Å². The molecule has 1 aromatic heterocycles. The SMILES string of the molecule is CCOc1ccc(C2c3c(-c4cc(C)cc(C)c4O)n[nH]c3C(=O)N2Cc2ccc(C)cc2)cc1OC. The number of nitrogens with zero attached hydrogens (tertiary/aromatic N) is 2. The minimum atomic E-state index is -0.442. The molecule has 1 unspecified atom stereocenters. The smallest absolute Gasteiger partial charge is 0.273 e. The Balaban J connectivity index is 1.69. The van der Waals surface area contributed by atoms with Gasteiger partial charge in [-0.15, -0.1) is 0 Å². The van der Waals surface area contributed by atoms with Crippen molar-refractivity contribution in [2.45, 2.75) is 40.3 Å². The number of aromatic amines is 1. The van der Waals surface area contributed by atoms with Crippen molar-refractivity contribution in [3.05, 3.63) is 93.7 Å². The van der Waals surface area contributed by atoms with Crippen molar-refractivity contribution >= 4 is 5.91 Å². The highest BCUT2D eigenvalue weighted by Crippen LogP contribution is 2.47. The number of fused-ring (bicyclic) bond motifs is 1. The molecule has 1 amide bonds. The summed E-state index contributed by atoms with van der Waals surface area (Å²) in [5, 5.41) is 18.5. The fraction of sp³-hybridized carbons (Fsp3) is 0.267. The third kappa shape index (κ3) is 4.31. The first-order valence-corrected chi connectivity index (χ1v) is 12.4. The van der Waals surface area contributed by atoms with Gasteiger partial charge in [0.15, 0.2) is 11.5 Å². The van der Waals surface area contributed by atoms with Crippen molar-refractivity contribution in [1.29, 1.82) is 0 Å². The van der Waals surface area contributed by atoms with Crippen LogP contribution in [0.5, 0.6) is 17.2 Å². The Morgan fingerprint density at radius 3 is 2.46 bits per heavy atom. The molecule has 7 nitrogen and oxygen atoms in total. The maximum atomic E-state index is 13.8. The largest absolute Gasteiger partial charge is 0.507 e. The highest BCUT2D eigenvalue weighted by molar-refractivity contribution is 6.00. The van der Waals surface area contributed by atoms with Crippen LogP contribution in [0.1, 0.15) is 56.8 Å². The number of ether oxygens (including phenoxy) is 2. The zero-order chi connectivity index (χ0) is 26.3. The van der Waals surface area contributed by atoms with Gasteiger partial charge in [0.1, 0.15) is 17.1 Å². The van der Waals surface area contributed by atoms with E-state index in [1.165, 1.54) is 0 Å². The number of aromatic nitrogens is 2. The van der Waals surface area contributed by atoms with Gasteiger partial charge in [0.2, 0.25) is 0 Å². The van der Waals surface area contributed by atoms with Gasteiger partial charge in [-0.05, 0) is 68.1 Å². The Morgan fingerprint density at radius 1 is 1.00 bits per heavy atom. The summed E-state index contributed by atoms with van der Waals surface area (Å²) in [5.41, 5.74) is 7.14. The fourth-order valence-corrected chi connectivity index (χ4v) is 5.07. The van der Waals surface area contributed by atoms with Crippen LogP contribution >= 0.6 is 0 Å². The maximum Gasteiger partial charge on any atom is 0.273 e. The van der Waals surface area contributed by atoms with Crippen LogP contribution in [0.3, 0.4) is 0 Å². The van der Waals surface area contributed by atoms with E-state index in [0.29, 0.717) is 41.6 Å². The Labute approximate surface area is 216 Å². The Bertz CT molecular complexity index is 1470. The third-order valence-corrected chi connectivity index (χ3v) is 6.84. The molecule has 0 radical (unpaired) electrons. The average molecular weight is 498 g/mol. The van der Waals surface area contributed by atoms with Gasteiger partial charge >= 0.3 is 0 Å². The van der Waals surface area contributed by atoms with Crippen molar-refractivity contribution in [2.75, 3.05) is 13.7 Å². The zero-order valence-electron chi connectivity index (χ0n) is 21.8. The summed E-state index contributed by atoms with van der Waals surface area (Å²) in [7, 11) is 1.60. The number of hydrogen-bond donors (Lipinski definition) is 2. The number of phenolic OH excluding ortho intramolecular Hbond substituents is 1. The standard InChI is InChI=1S/C30H31N3O4/c1-6-37-23-12-11-21(15-24(23)36-5)28-25-26(22-14-18(3)13-19(4)29(22)34)31-32-27(25)30(35)33(28)16-20-9-7-17(2)8-10-20/h7-15,28,34H,6,16H2,1-5H3,(H,31,32). The summed E-state index contributed by atoms with van der Waals surface area (Å²) < 4.78 is 11.4. The molecule has 0 bridgehead atoms. The van der Waals surface area contributed by atoms with Gasteiger partial charge in [-0.25, -0.2) is 0 Å². The Morgan fingerprint density at radius 2 is 1.76 bits per heavy atom. The van der Waals surface area contributed by atoms with Crippen molar-refractivity contribution < 1.29 is 19.4 Å². The van der Waals surface area contributed by atoms with Crippen molar-refractivity contribution in [1.82, 2.24) is 15.1 Å². The number of carbonyl (C=O) groups excluding carboxylic acids is 1. The molecule has 7 heteroatoms. The summed E-state index contributed by atoms with van der Waals surface area (Å²) >= 11 is 0. The summed E-state index contributed by atoms with van der Waals surface area (Å²) in [5.74, 6) is 1.25. The molecule has 4 aromatic rings. The molecule has 37 heavy (non-hydrogen) atoms. The highest BCUT2D eigenvalue weighted by Gasteiger charge is 2.43. The lowest BCUT2D eigenvalue weighted by Gasteiger charge is -2.27. The van der Waals surface area contributed by atoms with Crippen LogP contribution in [0.15, 0.2) is 54.6 Å². The van der Waals surface area contributed by atoms with E-state index < -0.39 is 6.04 Å². The van der Waals surface area contributed by atoms with Crippen molar-refractivity contribution in [2.24, 2.45) is 0 Å². The van der Waals surface area contributed by atoms with E-state index in [4.69, 9.17) is 9.47 Å². The van der Waals surface area contributed by atoms with Gasteiger partial charge in [-0.3, -0.25) is 9.89 Å². The number of carbonyl (C=O) groups is 1. The molecule has 1 atom stereocenters. The monoisotopic (exact) mass is 497 g/mol. The number of phenols is 1. The quantitative estimate of drug-likeness (QED) is 0.334. The van der Waals surface area contributed by atoms with E-state index >= 15 is 0 Å². The number of H-pyrrole nitrogens is 1. The van der Waals surface area contributed by atoms with Crippen LogP contribution in [-0.2, 0) is 6.54 Å². The maximum absolute atomic E-state index is 13.8. The van der Waals surface area contributed by atoms with Gasteiger partial charge in [0.25, 0.3) is 5.91 Å². The van der Waals surface area contributed by atoms with E-state index in [1.54, 1.807) is 7.11 Å². The minimum Gasteiger partial charge on any atom is -0.507 e. The van der Waals surface area contributed by atoms with Gasteiger partial charge in [-0.2, -0.15) is 5.10 Å². The van der Waals surface area contributed by atoms with Crippen LogP contribution in [0, 0.1) is 20.8 Å². The van der Waals surface area contributed by atoms with E-state index in [2.05, 4.69) is 10.2 Å². The average Bonchev–Trinajstić information content (AvgIpc) is 3.42. The number of amides is 1. The molecular weight excluding hydrogens is 466 g/mol. The lowest BCUT2D eigenvalue weighted by atomic mass is 9.93. The molecule has 190 valence electrons. The second-order valence-electron chi connectivity index (χ2n) is 9.50. The Hall–Kier alpha value is -4.26. The lowest BCUT2D eigenvalue weighted by molar-refractivity contribution is 0.0730. The zero-order valence-corrected chi connectivity index (χ0v) is 21.8. The van der Waals surface area contributed by atoms with Gasteiger partial charge in [0.05, 0.1) is 19.8 Å². The molecule has 0 saturated carbocycles. The van der Waals surface area contributed by atoms with Gasteiger partial charge < -0.3 is 19.5 Å². The van der Waals surface area contributed by atoms with E-state index in [-0.39, 0.29) is 11.7 Å². The molecule has 0 fully saturated rings. The molecule has 3 aromatic carbocycles. The second-order valence-corrected chi connectivity index (χ2v) is 9.50. The summed E-state index contributed by atoms with van der Waals surface area (Å²) in [6, 6.07) is 17.3. The van der Waals surface area contributed by atoms with E-state index in [0.717, 1.165) is 33.4 Å². The first-order valence-electron chi connectivity index (χ1n) is 12.4. The van der Waals surface area contributed by atoms with Crippen LogP contribution < -0.4 is 9.47 Å². The highest BCUT2D eigenvalue weighted by atomic mass is 16.5. The number of aryl methyl sites for hydroxylation is 3. The molecule has 0 aliphatic carbocycles. The molecule has 2 heterocycles. The molecule has 0 saturated heterocycles. The number of rotatable bonds is 7. The molecule has 5 rings (SSSR count). The minimum absolute atomic E-state index is 0.143.